The Morgan fingerprint density at radius 3 is 2.32 bits per heavy atom. The third-order valence-corrected chi connectivity index (χ3v) is 3.81. The Hall–Kier alpha value is -2.62. The Morgan fingerprint density at radius 2 is 1.64 bits per heavy atom. The van der Waals surface area contributed by atoms with Crippen LogP contribution in [0.3, 0.4) is 0 Å². The molecule has 2 atom stereocenters. The van der Waals surface area contributed by atoms with Crippen molar-refractivity contribution < 1.29 is 9.59 Å². The van der Waals surface area contributed by atoms with Crippen LogP contribution in [0.2, 0.25) is 0 Å². The molecule has 1 saturated carbocycles. The second-order valence-corrected chi connectivity index (χ2v) is 5.61. The third kappa shape index (κ3) is 3.34. The maximum absolute atomic E-state index is 12.3. The van der Waals surface area contributed by atoms with E-state index in [1.165, 1.54) is 12.5 Å². The summed E-state index contributed by atoms with van der Waals surface area (Å²) in [5.41, 5.74) is 2.60. The summed E-state index contributed by atoms with van der Waals surface area (Å²) in [6.45, 7) is 1.46. The lowest BCUT2D eigenvalue weighted by Gasteiger charge is -2.08. The zero-order valence-electron chi connectivity index (χ0n) is 12.4. The van der Waals surface area contributed by atoms with E-state index in [2.05, 4.69) is 22.8 Å². The van der Waals surface area contributed by atoms with Crippen LogP contribution in [0.1, 0.15) is 24.8 Å². The van der Waals surface area contributed by atoms with Crippen molar-refractivity contribution in [3.63, 3.8) is 0 Å². The van der Waals surface area contributed by atoms with Crippen LogP contribution < -0.4 is 10.6 Å². The number of amides is 2. The van der Waals surface area contributed by atoms with Crippen molar-refractivity contribution in [1.82, 2.24) is 0 Å². The number of carbonyl (C=O) groups excluding carboxylic acids is 2. The number of anilines is 2. The molecule has 0 aliphatic heterocycles. The summed E-state index contributed by atoms with van der Waals surface area (Å²) < 4.78 is 0. The molecule has 0 aromatic heterocycles. The van der Waals surface area contributed by atoms with E-state index in [9.17, 15) is 9.59 Å². The van der Waals surface area contributed by atoms with Gasteiger partial charge in [0.1, 0.15) is 0 Å². The number of nitrogens with one attached hydrogen (secondary N) is 2. The van der Waals surface area contributed by atoms with Gasteiger partial charge in [-0.15, -0.1) is 0 Å². The monoisotopic (exact) mass is 294 g/mol. The molecule has 2 aromatic carbocycles. The van der Waals surface area contributed by atoms with E-state index in [-0.39, 0.29) is 17.7 Å². The Bertz CT molecular complexity index is 697. The van der Waals surface area contributed by atoms with Crippen LogP contribution in [0.4, 0.5) is 11.4 Å². The van der Waals surface area contributed by atoms with Gasteiger partial charge in [0.25, 0.3) is 0 Å². The minimum atomic E-state index is -0.130. The van der Waals surface area contributed by atoms with E-state index in [4.69, 9.17) is 0 Å². The highest BCUT2D eigenvalue weighted by molar-refractivity contribution is 5.96. The Balaban J connectivity index is 1.62. The van der Waals surface area contributed by atoms with Crippen LogP contribution in [0, 0.1) is 5.92 Å². The summed E-state index contributed by atoms with van der Waals surface area (Å²) >= 11 is 0. The van der Waals surface area contributed by atoms with Crippen LogP contribution in [0.5, 0.6) is 0 Å². The van der Waals surface area contributed by atoms with Gasteiger partial charge in [0.05, 0.1) is 0 Å². The van der Waals surface area contributed by atoms with Gasteiger partial charge in [0, 0.05) is 24.2 Å². The van der Waals surface area contributed by atoms with Gasteiger partial charge in [0.2, 0.25) is 11.8 Å². The molecular weight excluding hydrogens is 276 g/mol. The van der Waals surface area contributed by atoms with Crippen molar-refractivity contribution in [2.75, 3.05) is 10.6 Å². The van der Waals surface area contributed by atoms with E-state index < -0.39 is 0 Å². The molecule has 3 rings (SSSR count). The largest absolute Gasteiger partial charge is 0.326 e. The Labute approximate surface area is 129 Å². The van der Waals surface area contributed by atoms with Crippen molar-refractivity contribution in [1.29, 1.82) is 0 Å². The van der Waals surface area contributed by atoms with Gasteiger partial charge in [-0.3, -0.25) is 9.59 Å². The predicted octanol–water partition coefficient (Wildman–Crippen LogP) is 3.39. The van der Waals surface area contributed by atoms with Gasteiger partial charge < -0.3 is 10.6 Å². The first-order valence-electron chi connectivity index (χ1n) is 7.37. The molecule has 1 aliphatic rings. The molecule has 112 valence electrons. The molecule has 0 bridgehead atoms. The van der Waals surface area contributed by atoms with Crippen molar-refractivity contribution in [2.45, 2.75) is 19.3 Å². The molecular formula is C18H18N2O2. The lowest BCUT2D eigenvalue weighted by atomic mass is 10.1. The number of rotatable bonds is 4. The van der Waals surface area contributed by atoms with Gasteiger partial charge in [0.15, 0.2) is 0 Å². The molecule has 2 aromatic rings. The number of benzene rings is 2. The summed E-state index contributed by atoms with van der Waals surface area (Å²) in [6, 6.07) is 17.3. The van der Waals surface area contributed by atoms with E-state index in [0.717, 1.165) is 6.42 Å². The fourth-order valence-electron chi connectivity index (χ4n) is 2.67. The molecule has 22 heavy (non-hydrogen) atoms. The van der Waals surface area contributed by atoms with Crippen LogP contribution in [-0.2, 0) is 9.59 Å². The van der Waals surface area contributed by atoms with Gasteiger partial charge in [-0.1, -0.05) is 36.4 Å². The first-order valence-corrected chi connectivity index (χ1v) is 7.37. The predicted molar refractivity (Wildman–Crippen MR) is 86.7 cm³/mol. The number of hydrogen-bond acceptors (Lipinski definition) is 2. The Kier molecular flexibility index (Phi) is 3.92. The standard InChI is InChI=1S/C18H18N2O2/c1-12(21)19-14-8-5-9-15(10-14)20-18(22)17-11-16(17)13-6-3-2-4-7-13/h2-10,16-17H,11H2,1H3,(H,19,21)(H,20,22)/t16-,17-/m1/s1. The van der Waals surface area contributed by atoms with Crippen molar-refractivity contribution in [3.8, 4) is 0 Å². The number of carbonyl (C=O) groups is 2. The lowest BCUT2D eigenvalue weighted by molar-refractivity contribution is -0.117. The van der Waals surface area contributed by atoms with Gasteiger partial charge >= 0.3 is 0 Å². The first kappa shape index (κ1) is 14.3. The molecule has 0 radical (unpaired) electrons. The van der Waals surface area contributed by atoms with E-state index in [0.29, 0.717) is 17.3 Å². The zero-order valence-corrected chi connectivity index (χ0v) is 12.4. The molecule has 0 heterocycles. The van der Waals surface area contributed by atoms with Gasteiger partial charge in [-0.05, 0) is 36.1 Å². The Morgan fingerprint density at radius 1 is 0.955 bits per heavy atom. The van der Waals surface area contributed by atoms with Crippen molar-refractivity contribution in [3.05, 3.63) is 60.2 Å². The third-order valence-electron chi connectivity index (χ3n) is 3.81. The van der Waals surface area contributed by atoms with E-state index >= 15 is 0 Å². The van der Waals surface area contributed by atoms with Gasteiger partial charge in [-0.2, -0.15) is 0 Å². The SMILES string of the molecule is CC(=O)Nc1cccc(NC(=O)[C@@H]2C[C@@H]2c2ccccc2)c1. The highest BCUT2D eigenvalue weighted by atomic mass is 16.2. The molecule has 1 aliphatic carbocycles. The van der Waals surface area contributed by atoms with Crippen LogP contribution in [-0.4, -0.2) is 11.8 Å². The fourth-order valence-corrected chi connectivity index (χ4v) is 2.67. The fraction of sp³-hybridized carbons (Fsp3) is 0.222. The minimum absolute atomic E-state index is 0.0341. The highest BCUT2D eigenvalue weighted by Crippen LogP contribution is 2.47. The zero-order chi connectivity index (χ0) is 15.5. The molecule has 4 nitrogen and oxygen atoms in total. The second kappa shape index (κ2) is 6.02. The molecule has 0 saturated heterocycles. The average Bonchev–Trinajstić information content (AvgIpc) is 3.28. The summed E-state index contributed by atoms with van der Waals surface area (Å²) in [4.78, 5) is 23.4. The van der Waals surface area contributed by atoms with Crippen LogP contribution in [0.25, 0.3) is 0 Å². The van der Waals surface area contributed by atoms with Gasteiger partial charge in [-0.25, -0.2) is 0 Å². The summed E-state index contributed by atoms with van der Waals surface area (Å²) in [7, 11) is 0. The summed E-state index contributed by atoms with van der Waals surface area (Å²) in [6.07, 6.45) is 0.890. The van der Waals surface area contributed by atoms with Crippen LogP contribution in [0.15, 0.2) is 54.6 Å². The average molecular weight is 294 g/mol. The first-order chi connectivity index (χ1) is 10.6. The maximum Gasteiger partial charge on any atom is 0.228 e. The van der Waals surface area contributed by atoms with Crippen LogP contribution >= 0.6 is 0 Å². The van der Waals surface area contributed by atoms with Crippen molar-refractivity contribution >= 4 is 23.2 Å². The lowest BCUT2D eigenvalue weighted by Crippen LogP contribution is -2.15. The van der Waals surface area contributed by atoms with E-state index in [1.807, 2.05) is 30.3 Å². The number of hydrogen-bond donors (Lipinski definition) is 2. The molecule has 2 amide bonds. The topological polar surface area (TPSA) is 58.2 Å². The molecule has 4 heteroatoms. The maximum atomic E-state index is 12.3. The minimum Gasteiger partial charge on any atom is -0.326 e. The van der Waals surface area contributed by atoms with Crippen molar-refractivity contribution in [2.24, 2.45) is 5.92 Å². The van der Waals surface area contributed by atoms with E-state index in [1.54, 1.807) is 12.1 Å². The molecule has 1 fully saturated rings. The second-order valence-electron chi connectivity index (χ2n) is 5.61. The quantitative estimate of drug-likeness (QED) is 0.908. The summed E-state index contributed by atoms with van der Waals surface area (Å²) in [5.74, 6) is 0.259. The molecule has 2 N–H and O–H groups in total. The smallest absolute Gasteiger partial charge is 0.228 e. The molecule has 0 unspecified atom stereocenters. The normalized spacial score (nSPS) is 19.3. The summed E-state index contributed by atoms with van der Waals surface area (Å²) in [5, 5.41) is 5.63. The molecule has 0 spiro atoms. The highest BCUT2D eigenvalue weighted by Gasteiger charge is 2.43.